The number of benzene rings is 1. The zero-order valence-corrected chi connectivity index (χ0v) is 12.5. The molecule has 3 fully saturated rings. The van der Waals surface area contributed by atoms with Crippen molar-refractivity contribution in [3.63, 3.8) is 0 Å². The van der Waals surface area contributed by atoms with Crippen LogP contribution in [0.4, 0.5) is 5.69 Å². The summed E-state index contributed by atoms with van der Waals surface area (Å²) in [6.07, 6.45) is 0. The van der Waals surface area contributed by atoms with Crippen LogP contribution in [0.15, 0.2) is 24.3 Å². The molecule has 0 saturated carbocycles. The Morgan fingerprint density at radius 1 is 1.10 bits per heavy atom. The van der Waals surface area contributed by atoms with Crippen molar-refractivity contribution < 1.29 is 14.1 Å². The Morgan fingerprint density at radius 3 is 2.19 bits per heavy atom. The number of Topliss-reactive ketones (excluding diaryl/α,β-unsaturated/α-hetero) is 1. The number of ketones is 1. The van der Waals surface area contributed by atoms with Crippen molar-refractivity contribution >= 4 is 17.4 Å². The van der Waals surface area contributed by atoms with Gasteiger partial charge in [0.25, 0.3) is 5.91 Å². The quantitative estimate of drug-likeness (QED) is 0.663. The van der Waals surface area contributed by atoms with Crippen LogP contribution in [0.2, 0.25) is 0 Å². The molecule has 3 heterocycles. The molecule has 0 radical (unpaired) electrons. The molecular weight excluding hydrogens is 266 g/mol. The van der Waals surface area contributed by atoms with Gasteiger partial charge in [-0.3, -0.25) is 14.5 Å². The number of fused-ring (bicyclic) bond motifs is 3. The molecule has 1 N–H and O–H groups in total. The van der Waals surface area contributed by atoms with Gasteiger partial charge in [-0.2, -0.15) is 0 Å². The van der Waals surface area contributed by atoms with Crippen molar-refractivity contribution in [1.29, 1.82) is 0 Å². The van der Waals surface area contributed by atoms with E-state index in [2.05, 4.69) is 10.2 Å². The van der Waals surface area contributed by atoms with Crippen molar-refractivity contribution in [2.45, 2.75) is 6.92 Å². The Balaban J connectivity index is 1.60. The van der Waals surface area contributed by atoms with Gasteiger partial charge in [0.2, 0.25) is 0 Å². The van der Waals surface area contributed by atoms with Gasteiger partial charge in [0.05, 0.1) is 19.6 Å². The topological polar surface area (TPSA) is 49.4 Å². The Labute approximate surface area is 125 Å². The van der Waals surface area contributed by atoms with Gasteiger partial charge in [-0.1, -0.05) is 0 Å². The van der Waals surface area contributed by atoms with Gasteiger partial charge in [-0.25, -0.2) is 0 Å². The second-order valence-electron chi connectivity index (χ2n) is 6.19. The second-order valence-corrected chi connectivity index (χ2v) is 6.19. The van der Waals surface area contributed by atoms with Crippen LogP contribution in [0.5, 0.6) is 0 Å². The van der Waals surface area contributed by atoms with Crippen LogP contribution in [0, 0.1) is 0 Å². The fourth-order valence-corrected chi connectivity index (χ4v) is 3.26. The molecule has 1 aromatic rings. The van der Waals surface area contributed by atoms with Gasteiger partial charge < -0.3 is 9.80 Å². The minimum atomic E-state index is 0.0393. The molecule has 0 spiro atoms. The third-order valence-corrected chi connectivity index (χ3v) is 4.73. The number of quaternary nitrogens is 1. The summed E-state index contributed by atoms with van der Waals surface area (Å²) < 4.78 is 0.924. The molecule has 0 atom stereocenters. The number of carbonyl (C=O) groups is 2. The van der Waals surface area contributed by atoms with Crippen LogP contribution in [0.1, 0.15) is 17.3 Å². The first-order chi connectivity index (χ1) is 10.1. The van der Waals surface area contributed by atoms with Crippen LogP contribution in [-0.2, 0) is 4.79 Å². The Morgan fingerprint density at radius 2 is 1.67 bits per heavy atom. The third-order valence-electron chi connectivity index (χ3n) is 4.73. The van der Waals surface area contributed by atoms with E-state index in [1.165, 1.54) is 0 Å². The summed E-state index contributed by atoms with van der Waals surface area (Å²) in [4.78, 5) is 26.0. The number of carbonyl (C=O) groups excluding carboxylic acids is 2. The predicted octanol–water partition coefficient (Wildman–Crippen LogP) is 0.974. The van der Waals surface area contributed by atoms with E-state index in [1.54, 1.807) is 31.2 Å². The van der Waals surface area contributed by atoms with Gasteiger partial charge in [0.15, 0.2) is 12.3 Å². The van der Waals surface area contributed by atoms with Crippen LogP contribution in [0.3, 0.4) is 0 Å². The predicted molar refractivity (Wildman–Crippen MR) is 81.2 cm³/mol. The highest BCUT2D eigenvalue weighted by Gasteiger charge is 2.39. The number of piperazine rings is 3. The largest absolute Gasteiger partial charge is 0.321 e. The number of rotatable bonds is 4. The Hall–Kier alpha value is -1.72. The molecule has 112 valence electrons. The average molecular weight is 288 g/mol. The van der Waals surface area contributed by atoms with Gasteiger partial charge in [-0.15, -0.1) is 0 Å². The normalized spacial score (nSPS) is 27.4. The van der Waals surface area contributed by atoms with Crippen LogP contribution >= 0.6 is 0 Å². The minimum Gasteiger partial charge on any atom is -0.321 e. The first-order valence-corrected chi connectivity index (χ1v) is 7.55. The average Bonchev–Trinajstić information content (AvgIpc) is 2.49. The van der Waals surface area contributed by atoms with Crippen molar-refractivity contribution in [3.05, 3.63) is 29.8 Å². The fourth-order valence-electron chi connectivity index (χ4n) is 3.26. The van der Waals surface area contributed by atoms with Gasteiger partial charge in [-0.05, 0) is 31.2 Å². The van der Waals surface area contributed by atoms with Crippen LogP contribution in [-0.4, -0.2) is 66.9 Å². The summed E-state index contributed by atoms with van der Waals surface area (Å²) in [5.74, 6) is 0.110. The molecule has 1 aromatic carbocycles. The van der Waals surface area contributed by atoms with E-state index in [-0.39, 0.29) is 11.7 Å². The van der Waals surface area contributed by atoms with Crippen molar-refractivity contribution in [2.75, 3.05) is 51.1 Å². The summed E-state index contributed by atoms with van der Waals surface area (Å²) in [6.45, 7) is 8.67. The lowest BCUT2D eigenvalue weighted by Crippen LogP contribution is -2.68. The molecule has 2 bridgehead atoms. The summed E-state index contributed by atoms with van der Waals surface area (Å²) in [7, 11) is 0. The number of anilines is 1. The lowest BCUT2D eigenvalue weighted by molar-refractivity contribution is -0.933. The highest BCUT2D eigenvalue weighted by atomic mass is 16.2. The van der Waals surface area contributed by atoms with E-state index in [4.69, 9.17) is 0 Å². The van der Waals surface area contributed by atoms with Gasteiger partial charge in [0, 0.05) is 30.9 Å². The van der Waals surface area contributed by atoms with E-state index < -0.39 is 0 Å². The number of hydrogen-bond acceptors (Lipinski definition) is 3. The second kappa shape index (κ2) is 5.58. The fraction of sp³-hybridized carbons (Fsp3) is 0.500. The highest BCUT2D eigenvalue weighted by Crippen LogP contribution is 2.19. The molecule has 1 amide bonds. The maximum atomic E-state index is 12.3. The standard InChI is InChI=1S/C16H21N3O2/c1-13(20)14-2-4-15(5-3-14)17-16(21)12-19-9-6-18(7-10-19)8-11-19/h2-5H,6-12H2,1H3/p+1. The highest BCUT2D eigenvalue weighted by molar-refractivity contribution is 5.95. The molecular formula is C16H22N3O2+. The molecule has 3 saturated heterocycles. The molecule has 21 heavy (non-hydrogen) atoms. The minimum absolute atomic E-state index is 0.0393. The van der Waals surface area contributed by atoms with E-state index in [0.717, 1.165) is 49.4 Å². The lowest BCUT2D eigenvalue weighted by atomic mass is 10.1. The van der Waals surface area contributed by atoms with Crippen molar-refractivity contribution in [3.8, 4) is 0 Å². The maximum Gasteiger partial charge on any atom is 0.279 e. The van der Waals surface area contributed by atoms with E-state index in [0.29, 0.717) is 12.1 Å². The Bertz CT molecular complexity index is 531. The van der Waals surface area contributed by atoms with Gasteiger partial charge in [0.1, 0.15) is 0 Å². The zero-order valence-electron chi connectivity index (χ0n) is 12.5. The molecule has 5 nitrogen and oxygen atoms in total. The molecule has 0 unspecified atom stereocenters. The molecule has 5 heteroatoms. The number of nitrogens with zero attached hydrogens (tertiary/aromatic N) is 2. The molecule has 3 aliphatic rings. The third kappa shape index (κ3) is 3.14. The first kappa shape index (κ1) is 14.2. The first-order valence-electron chi connectivity index (χ1n) is 7.55. The summed E-state index contributed by atoms with van der Waals surface area (Å²) in [6, 6.07) is 7.10. The van der Waals surface area contributed by atoms with Crippen molar-refractivity contribution in [1.82, 2.24) is 4.90 Å². The SMILES string of the molecule is CC(=O)c1ccc(NC(=O)C[N+]23CCN(CC2)CC3)cc1. The molecule has 0 aliphatic carbocycles. The monoisotopic (exact) mass is 288 g/mol. The van der Waals surface area contributed by atoms with Crippen LogP contribution < -0.4 is 5.32 Å². The molecule has 3 aliphatic heterocycles. The van der Waals surface area contributed by atoms with Crippen LogP contribution in [0.25, 0.3) is 0 Å². The van der Waals surface area contributed by atoms with E-state index in [9.17, 15) is 9.59 Å². The molecule has 4 rings (SSSR count). The van der Waals surface area contributed by atoms with E-state index >= 15 is 0 Å². The van der Waals surface area contributed by atoms with E-state index in [1.807, 2.05) is 0 Å². The Kier molecular flexibility index (Phi) is 3.78. The summed E-state index contributed by atoms with van der Waals surface area (Å²) in [5.41, 5.74) is 1.43. The number of amides is 1. The lowest BCUT2D eigenvalue weighted by Gasteiger charge is -2.50. The summed E-state index contributed by atoms with van der Waals surface area (Å²) in [5, 5.41) is 2.95. The maximum absolute atomic E-state index is 12.3. The zero-order chi connectivity index (χ0) is 14.9. The molecule has 0 aromatic heterocycles. The smallest absolute Gasteiger partial charge is 0.279 e. The summed E-state index contributed by atoms with van der Waals surface area (Å²) >= 11 is 0. The number of hydrogen-bond donors (Lipinski definition) is 1. The number of nitrogens with one attached hydrogen (secondary N) is 1. The van der Waals surface area contributed by atoms with Gasteiger partial charge >= 0.3 is 0 Å². The van der Waals surface area contributed by atoms with Crippen molar-refractivity contribution in [2.24, 2.45) is 0 Å².